The fourth-order valence-electron chi connectivity index (χ4n) is 4.47. The SMILES string of the molecule is c1cn2cc(-c3c[nH]c4nc(NC5CCC6(CC5)OCCO6)ncc34)ccc2n1. The average Bonchev–Trinajstić information content (AvgIpc) is 3.49. The fourth-order valence-corrected chi connectivity index (χ4v) is 4.47. The van der Waals surface area contributed by atoms with Gasteiger partial charge in [0, 0.05) is 66.4 Å². The summed E-state index contributed by atoms with van der Waals surface area (Å²) in [5.41, 5.74) is 3.94. The summed E-state index contributed by atoms with van der Waals surface area (Å²) in [5.74, 6) is 0.318. The minimum absolute atomic E-state index is 0.337. The number of anilines is 1. The Morgan fingerprint density at radius 3 is 2.86 bits per heavy atom. The van der Waals surface area contributed by atoms with Crippen molar-refractivity contribution in [3.8, 4) is 11.1 Å². The van der Waals surface area contributed by atoms with Crippen LogP contribution in [0, 0.1) is 0 Å². The van der Waals surface area contributed by atoms with Crippen molar-refractivity contribution >= 4 is 22.6 Å². The van der Waals surface area contributed by atoms with Crippen LogP contribution < -0.4 is 5.32 Å². The number of imidazole rings is 1. The van der Waals surface area contributed by atoms with Gasteiger partial charge >= 0.3 is 0 Å². The second-order valence-corrected chi connectivity index (χ2v) is 7.79. The van der Waals surface area contributed by atoms with Gasteiger partial charge in [-0.2, -0.15) is 4.98 Å². The van der Waals surface area contributed by atoms with Crippen molar-refractivity contribution in [1.82, 2.24) is 24.3 Å². The van der Waals surface area contributed by atoms with Crippen molar-refractivity contribution in [1.29, 1.82) is 0 Å². The Bertz CT molecular complexity index is 1170. The van der Waals surface area contributed by atoms with E-state index in [9.17, 15) is 0 Å². The van der Waals surface area contributed by atoms with Gasteiger partial charge in [-0.3, -0.25) is 0 Å². The maximum absolute atomic E-state index is 5.81. The topological polar surface area (TPSA) is 89.4 Å². The second-order valence-electron chi connectivity index (χ2n) is 7.79. The van der Waals surface area contributed by atoms with Gasteiger partial charge in [0.2, 0.25) is 5.95 Å². The molecule has 1 spiro atoms. The first kappa shape index (κ1) is 16.9. The van der Waals surface area contributed by atoms with Crippen LogP contribution in [-0.2, 0) is 9.47 Å². The molecule has 2 fully saturated rings. The summed E-state index contributed by atoms with van der Waals surface area (Å²) in [7, 11) is 0. The number of fused-ring (bicyclic) bond motifs is 2. The fraction of sp³-hybridized carbons (Fsp3) is 0.381. The van der Waals surface area contributed by atoms with E-state index in [1.165, 1.54) is 0 Å². The van der Waals surface area contributed by atoms with Crippen molar-refractivity contribution in [3.63, 3.8) is 0 Å². The number of H-pyrrole nitrogens is 1. The number of ether oxygens (including phenoxy) is 2. The average molecular weight is 390 g/mol. The van der Waals surface area contributed by atoms with E-state index in [4.69, 9.17) is 14.5 Å². The highest BCUT2D eigenvalue weighted by Gasteiger charge is 2.40. The van der Waals surface area contributed by atoms with Gasteiger partial charge in [-0.1, -0.05) is 0 Å². The van der Waals surface area contributed by atoms with E-state index in [0.29, 0.717) is 25.2 Å². The van der Waals surface area contributed by atoms with Gasteiger partial charge in [0.25, 0.3) is 0 Å². The lowest BCUT2D eigenvalue weighted by Crippen LogP contribution is -2.39. The van der Waals surface area contributed by atoms with Gasteiger partial charge in [-0.15, -0.1) is 0 Å². The zero-order valence-corrected chi connectivity index (χ0v) is 16.0. The van der Waals surface area contributed by atoms with Crippen molar-refractivity contribution in [2.75, 3.05) is 18.5 Å². The van der Waals surface area contributed by atoms with Gasteiger partial charge < -0.3 is 24.2 Å². The molecule has 0 amide bonds. The smallest absolute Gasteiger partial charge is 0.224 e. The highest BCUT2D eigenvalue weighted by atomic mass is 16.7. The molecule has 0 radical (unpaired) electrons. The van der Waals surface area contributed by atoms with Crippen molar-refractivity contribution in [2.24, 2.45) is 0 Å². The highest BCUT2D eigenvalue weighted by molar-refractivity contribution is 5.93. The summed E-state index contributed by atoms with van der Waals surface area (Å²) < 4.78 is 13.6. The van der Waals surface area contributed by atoms with E-state index in [1.807, 2.05) is 29.1 Å². The molecule has 2 N–H and O–H groups in total. The van der Waals surface area contributed by atoms with Crippen molar-refractivity contribution in [2.45, 2.75) is 37.5 Å². The van der Waals surface area contributed by atoms with E-state index in [2.05, 4.69) is 32.5 Å². The van der Waals surface area contributed by atoms with Crippen LogP contribution in [0.15, 0.2) is 43.1 Å². The molecule has 0 bridgehead atoms. The summed E-state index contributed by atoms with van der Waals surface area (Å²) in [6.07, 6.45) is 13.5. The van der Waals surface area contributed by atoms with Crippen LogP contribution in [0.2, 0.25) is 0 Å². The molecule has 8 nitrogen and oxygen atoms in total. The van der Waals surface area contributed by atoms with Crippen LogP contribution in [0.1, 0.15) is 25.7 Å². The van der Waals surface area contributed by atoms with Crippen LogP contribution in [-0.4, -0.2) is 49.4 Å². The second kappa shape index (κ2) is 6.53. The molecule has 1 saturated carbocycles. The van der Waals surface area contributed by atoms with E-state index < -0.39 is 0 Å². The molecule has 4 aromatic heterocycles. The molecule has 1 aliphatic heterocycles. The predicted octanol–water partition coefficient (Wildman–Crippen LogP) is 3.37. The van der Waals surface area contributed by atoms with Crippen LogP contribution in [0.25, 0.3) is 27.8 Å². The maximum Gasteiger partial charge on any atom is 0.224 e. The lowest BCUT2D eigenvalue weighted by Gasteiger charge is -2.35. The highest BCUT2D eigenvalue weighted by Crippen LogP contribution is 2.36. The monoisotopic (exact) mass is 390 g/mol. The predicted molar refractivity (Wildman–Crippen MR) is 109 cm³/mol. The Balaban J connectivity index is 1.22. The molecule has 0 aromatic carbocycles. The van der Waals surface area contributed by atoms with Gasteiger partial charge in [-0.05, 0) is 25.0 Å². The minimum Gasteiger partial charge on any atom is -0.351 e. The number of hydrogen-bond acceptors (Lipinski definition) is 6. The lowest BCUT2D eigenvalue weighted by atomic mass is 9.90. The molecule has 1 aliphatic carbocycles. The molecular formula is C21H22N6O2. The first-order chi connectivity index (χ1) is 14.3. The lowest BCUT2D eigenvalue weighted by molar-refractivity contribution is -0.177. The van der Waals surface area contributed by atoms with E-state index in [-0.39, 0.29) is 5.79 Å². The first-order valence-electron chi connectivity index (χ1n) is 10.1. The molecular weight excluding hydrogens is 368 g/mol. The molecule has 2 aliphatic rings. The Kier molecular flexibility index (Phi) is 3.82. The molecule has 6 rings (SSSR count). The number of nitrogens with zero attached hydrogens (tertiary/aromatic N) is 4. The normalized spacial score (nSPS) is 19.4. The summed E-state index contributed by atoms with van der Waals surface area (Å²) in [6, 6.07) is 4.42. The van der Waals surface area contributed by atoms with Gasteiger partial charge in [0.05, 0.1) is 13.2 Å². The Labute approximate surface area is 167 Å². The summed E-state index contributed by atoms with van der Waals surface area (Å²) in [5, 5.41) is 4.49. The van der Waals surface area contributed by atoms with Crippen molar-refractivity contribution < 1.29 is 9.47 Å². The van der Waals surface area contributed by atoms with Crippen LogP contribution >= 0.6 is 0 Å². The quantitative estimate of drug-likeness (QED) is 0.558. The summed E-state index contributed by atoms with van der Waals surface area (Å²) in [6.45, 7) is 1.42. The van der Waals surface area contributed by atoms with Gasteiger partial charge in [0.1, 0.15) is 11.3 Å². The maximum atomic E-state index is 5.81. The standard InChI is InChI=1S/C21H22N6O2/c1-2-18-22-7-8-27(18)13-14(1)16-11-23-19-17(16)12-24-20(26-19)25-15-3-5-21(6-4-15)28-9-10-29-21/h1-2,7-8,11-13,15H,3-6,9-10H2,(H2,23,24,25,26). The minimum atomic E-state index is -0.340. The molecule has 8 heteroatoms. The van der Waals surface area contributed by atoms with Gasteiger partial charge in [0.15, 0.2) is 5.79 Å². The van der Waals surface area contributed by atoms with Crippen LogP contribution in [0.4, 0.5) is 5.95 Å². The third-order valence-corrected chi connectivity index (χ3v) is 6.03. The third kappa shape index (κ3) is 2.95. The molecule has 0 unspecified atom stereocenters. The number of rotatable bonds is 3. The Hall–Kier alpha value is -2.97. The van der Waals surface area contributed by atoms with E-state index >= 15 is 0 Å². The van der Waals surface area contributed by atoms with Gasteiger partial charge in [-0.25, -0.2) is 9.97 Å². The zero-order valence-electron chi connectivity index (χ0n) is 16.0. The van der Waals surface area contributed by atoms with Crippen LogP contribution in [0.3, 0.4) is 0 Å². The zero-order chi connectivity index (χ0) is 19.3. The summed E-state index contributed by atoms with van der Waals surface area (Å²) >= 11 is 0. The van der Waals surface area contributed by atoms with E-state index in [0.717, 1.165) is 53.5 Å². The Morgan fingerprint density at radius 2 is 2.00 bits per heavy atom. The molecule has 1 saturated heterocycles. The summed E-state index contributed by atoms with van der Waals surface area (Å²) in [4.78, 5) is 16.9. The molecule has 5 heterocycles. The third-order valence-electron chi connectivity index (χ3n) is 6.03. The first-order valence-corrected chi connectivity index (χ1v) is 10.1. The number of pyridine rings is 1. The largest absolute Gasteiger partial charge is 0.351 e. The number of aromatic amines is 1. The number of aromatic nitrogens is 5. The molecule has 148 valence electrons. The van der Waals surface area contributed by atoms with Crippen LogP contribution in [0.5, 0.6) is 0 Å². The molecule has 4 aromatic rings. The molecule has 29 heavy (non-hydrogen) atoms. The van der Waals surface area contributed by atoms with Crippen molar-refractivity contribution in [3.05, 3.63) is 43.1 Å². The van der Waals surface area contributed by atoms with E-state index in [1.54, 1.807) is 6.20 Å². The number of nitrogens with one attached hydrogen (secondary N) is 2. The number of hydrogen-bond donors (Lipinski definition) is 2. The Morgan fingerprint density at radius 1 is 1.14 bits per heavy atom. The molecule has 0 atom stereocenters.